The molecule has 3 rings (SSSR count). The van der Waals surface area contributed by atoms with Crippen LogP contribution in [0.15, 0.2) is 30.3 Å². The molecule has 1 aliphatic carbocycles. The number of nitrogens with zero attached hydrogens (tertiary/aromatic N) is 2. The number of para-hydroxylation sites is 1. The minimum atomic E-state index is 0. The molecule has 0 saturated heterocycles. The predicted octanol–water partition coefficient (Wildman–Crippen LogP) is 4.45. The van der Waals surface area contributed by atoms with Crippen LogP contribution in [0.4, 0.5) is 0 Å². The second-order valence-electron chi connectivity index (χ2n) is 6.21. The summed E-state index contributed by atoms with van der Waals surface area (Å²) in [6.45, 7) is 2.26. The Morgan fingerprint density at radius 1 is 1.29 bits per heavy atom. The standard InChI is InChI=1S/C18H24ClN3O.ClH/c1-20-11-15-10-16(13-23-18-9-5-4-8-17(18)19)22(21-15)12-14-6-2-3-7-14;/h4-5,8-10,14,20H,2-3,6-7,11-13H2,1H3;1H. The zero-order valence-corrected chi connectivity index (χ0v) is 15.6. The van der Waals surface area contributed by atoms with Crippen LogP contribution in [-0.2, 0) is 19.7 Å². The van der Waals surface area contributed by atoms with E-state index >= 15 is 0 Å². The molecule has 0 bridgehead atoms. The lowest BCUT2D eigenvalue weighted by Crippen LogP contribution is -2.14. The minimum absolute atomic E-state index is 0. The molecule has 4 nitrogen and oxygen atoms in total. The number of benzene rings is 1. The van der Waals surface area contributed by atoms with E-state index in [9.17, 15) is 0 Å². The highest BCUT2D eigenvalue weighted by atomic mass is 35.5. The molecule has 0 spiro atoms. The lowest BCUT2D eigenvalue weighted by atomic mass is 10.1. The van der Waals surface area contributed by atoms with Gasteiger partial charge in [0.2, 0.25) is 0 Å². The van der Waals surface area contributed by atoms with Gasteiger partial charge in [-0.05, 0) is 44.0 Å². The van der Waals surface area contributed by atoms with Gasteiger partial charge in [-0.1, -0.05) is 36.6 Å². The summed E-state index contributed by atoms with van der Waals surface area (Å²) in [5.74, 6) is 1.47. The van der Waals surface area contributed by atoms with E-state index in [1.54, 1.807) is 0 Å². The summed E-state index contributed by atoms with van der Waals surface area (Å²) in [6, 6.07) is 9.71. The van der Waals surface area contributed by atoms with Crippen LogP contribution < -0.4 is 10.1 Å². The van der Waals surface area contributed by atoms with Gasteiger partial charge < -0.3 is 10.1 Å². The average molecular weight is 370 g/mol. The van der Waals surface area contributed by atoms with Gasteiger partial charge in [-0.15, -0.1) is 12.4 Å². The Morgan fingerprint density at radius 3 is 2.75 bits per heavy atom. The van der Waals surface area contributed by atoms with Gasteiger partial charge in [0, 0.05) is 13.1 Å². The molecule has 1 aliphatic rings. The number of ether oxygens (including phenoxy) is 1. The summed E-state index contributed by atoms with van der Waals surface area (Å²) in [7, 11) is 1.94. The zero-order chi connectivity index (χ0) is 16.1. The van der Waals surface area contributed by atoms with E-state index in [2.05, 4.69) is 16.1 Å². The Labute approximate surface area is 154 Å². The van der Waals surface area contributed by atoms with Crippen LogP contribution in [0.25, 0.3) is 0 Å². The topological polar surface area (TPSA) is 39.1 Å². The normalized spacial score (nSPS) is 14.6. The molecule has 0 amide bonds. The number of hydrogen-bond donors (Lipinski definition) is 1. The molecular weight excluding hydrogens is 345 g/mol. The van der Waals surface area contributed by atoms with Gasteiger partial charge in [-0.3, -0.25) is 4.68 Å². The first-order valence-electron chi connectivity index (χ1n) is 8.34. The third kappa shape index (κ3) is 4.88. The second kappa shape index (κ2) is 9.30. The van der Waals surface area contributed by atoms with E-state index in [-0.39, 0.29) is 12.4 Å². The summed E-state index contributed by atoms with van der Waals surface area (Å²) in [6.07, 6.45) is 5.32. The smallest absolute Gasteiger partial charge is 0.138 e. The molecule has 1 N–H and O–H groups in total. The molecule has 6 heteroatoms. The summed E-state index contributed by atoms with van der Waals surface area (Å²) < 4.78 is 8.03. The fourth-order valence-electron chi connectivity index (χ4n) is 3.21. The van der Waals surface area contributed by atoms with E-state index < -0.39 is 0 Å². The maximum absolute atomic E-state index is 6.17. The molecule has 0 unspecified atom stereocenters. The molecule has 0 aliphatic heterocycles. The van der Waals surface area contributed by atoms with Gasteiger partial charge in [-0.2, -0.15) is 5.10 Å². The van der Waals surface area contributed by atoms with Crippen LogP contribution >= 0.6 is 24.0 Å². The van der Waals surface area contributed by atoms with Crippen molar-refractivity contribution in [3.05, 3.63) is 46.7 Å². The van der Waals surface area contributed by atoms with Gasteiger partial charge in [0.05, 0.1) is 16.4 Å². The molecule has 1 fully saturated rings. The Balaban J connectivity index is 0.00000208. The van der Waals surface area contributed by atoms with Crippen LogP contribution in [-0.4, -0.2) is 16.8 Å². The zero-order valence-electron chi connectivity index (χ0n) is 14.0. The fourth-order valence-corrected chi connectivity index (χ4v) is 3.40. The van der Waals surface area contributed by atoms with Crippen molar-refractivity contribution in [1.82, 2.24) is 15.1 Å². The molecule has 1 aromatic carbocycles. The van der Waals surface area contributed by atoms with Crippen molar-refractivity contribution in [2.24, 2.45) is 5.92 Å². The Bertz CT molecular complexity index is 639. The van der Waals surface area contributed by atoms with E-state index in [0.29, 0.717) is 11.6 Å². The van der Waals surface area contributed by atoms with Crippen LogP contribution in [0, 0.1) is 5.92 Å². The SMILES string of the molecule is CNCc1cc(COc2ccccc2Cl)n(CC2CCCC2)n1.Cl. The fraction of sp³-hybridized carbons (Fsp3) is 0.500. The van der Waals surface area contributed by atoms with E-state index in [0.717, 1.165) is 36.1 Å². The van der Waals surface area contributed by atoms with E-state index in [1.165, 1.54) is 25.7 Å². The maximum atomic E-state index is 6.17. The van der Waals surface area contributed by atoms with Crippen LogP contribution in [0.5, 0.6) is 5.75 Å². The molecule has 2 aromatic rings. The van der Waals surface area contributed by atoms with Crippen LogP contribution in [0.1, 0.15) is 37.1 Å². The molecular formula is C18H25Cl2N3O. The van der Waals surface area contributed by atoms with Crippen LogP contribution in [0.2, 0.25) is 5.02 Å². The van der Waals surface area contributed by atoms with Gasteiger partial charge in [-0.25, -0.2) is 0 Å². The molecule has 1 saturated carbocycles. The van der Waals surface area contributed by atoms with Crippen molar-refractivity contribution in [2.75, 3.05) is 7.05 Å². The van der Waals surface area contributed by atoms with Crippen molar-refractivity contribution in [3.63, 3.8) is 0 Å². The summed E-state index contributed by atoms with van der Waals surface area (Å²) >= 11 is 6.17. The number of hydrogen-bond acceptors (Lipinski definition) is 3. The monoisotopic (exact) mass is 369 g/mol. The maximum Gasteiger partial charge on any atom is 0.138 e. The number of nitrogens with one attached hydrogen (secondary N) is 1. The number of halogens is 2. The van der Waals surface area contributed by atoms with E-state index in [1.807, 2.05) is 31.3 Å². The van der Waals surface area contributed by atoms with Crippen molar-refractivity contribution >= 4 is 24.0 Å². The summed E-state index contributed by atoms with van der Waals surface area (Å²) in [4.78, 5) is 0. The largest absolute Gasteiger partial charge is 0.486 e. The predicted molar refractivity (Wildman–Crippen MR) is 100.0 cm³/mol. The number of aromatic nitrogens is 2. The Hall–Kier alpha value is -1.23. The quantitative estimate of drug-likeness (QED) is 0.783. The molecule has 1 aromatic heterocycles. The second-order valence-corrected chi connectivity index (χ2v) is 6.62. The molecule has 0 atom stereocenters. The first kappa shape index (κ1) is 19.1. The van der Waals surface area contributed by atoms with Crippen molar-refractivity contribution < 1.29 is 4.74 Å². The van der Waals surface area contributed by atoms with Gasteiger partial charge in [0.25, 0.3) is 0 Å². The van der Waals surface area contributed by atoms with Crippen molar-refractivity contribution in [3.8, 4) is 5.75 Å². The minimum Gasteiger partial charge on any atom is -0.486 e. The lowest BCUT2D eigenvalue weighted by Gasteiger charge is -2.13. The summed E-state index contributed by atoms with van der Waals surface area (Å²) in [5, 5.41) is 8.55. The highest BCUT2D eigenvalue weighted by molar-refractivity contribution is 6.32. The average Bonchev–Trinajstić information content (AvgIpc) is 3.18. The lowest BCUT2D eigenvalue weighted by molar-refractivity contribution is 0.285. The molecule has 0 radical (unpaired) electrons. The van der Waals surface area contributed by atoms with Crippen molar-refractivity contribution in [2.45, 2.75) is 45.4 Å². The molecule has 132 valence electrons. The highest BCUT2D eigenvalue weighted by Crippen LogP contribution is 2.27. The van der Waals surface area contributed by atoms with Crippen molar-refractivity contribution in [1.29, 1.82) is 0 Å². The molecule has 24 heavy (non-hydrogen) atoms. The number of rotatable bonds is 7. The summed E-state index contributed by atoms with van der Waals surface area (Å²) in [5.41, 5.74) is 2.17. The Kier molecular flexibility index (Phi) is 7.40. The third-order valence-electron chi connectivity index (χ3n) is 4.39. The van der Waals surface area contributed by atoms with Gasteiger partial charge in [0.1, 0.15) is 12.4 Å². The Morgan fingerprint density at radius 2 is 2.04 bits per heavy atom. The third-order valence-corrected chi connectivity index (χ3v) is 4.70. The van der Waals surface area contributed by atoms with E-state index in [4.69, 9.17) is 21.4 Å². The first-order chi connectivity index (χ1) is 11.3. The first-order valence-corrected chi connectivity index (χ1v) is 8.71. The highest BCUT2D eigenvalue weighted by Gasteiger charge is 2.18. The van der Waals surface area contributed by atoms with Gasteiger partial charge >= 0.3 is 0 Å². The van der Waals surface area contributed by atoms with Gasteiger partial charge in [0.15, 0.2) is 0 Å². The van der Waals surface area contributed by atoms with Crippen LogP contribution in [0.3, 0.4) is 0 Å². The molecule has 1 heterocycles.